The number of methoxy groups -OCH3 is 1. The van der Waals surface area contributed by atoms with Gasteiger partial charge in [0.1, 0.15) is 0 Å². The van der Waals surface area contributed by atoms with E-state index in [0.717, 1.165) is 5.56 Å². The van der Waals surface area contributed by atoms with Crippen LogP contribution in [0.5, 0.6) is 0 Å². The average Bonchev–Trinajstić information content (AvgIpc) is 2.43. The lowest BCUT2D eigenvalue weighted by Gasteiger charge is -2.21. The summed E-state index contributed by atoms with van der Waals surface area (Å²) in [5, 5.41) is 9.02. The zero-order valence-corrected chi connectivity index (χ0v) is 13.1. The van der Waals surface area contributed by atoms with Gasteiger partial charge in [0.25, 0.3) is 0 Å². The Hall–Kier alpha value is -0.950. The number of nitrogens with zero attached hydrogens (tertiary/aromatic N) is 1. The van der Waals surface area contributed by atoms with Crippen molar-refractivity contribution in [3.63, 3.8) is 0 Å². The number of hydrogen-bond donors (Lipinski definition) is 1. The van der Waals surface area contributed by atoms with E-state index in [0.29, 0.717) is 12.5 Å². The topological polar surface area (TPSA) is 66.8 Å². The predicted octanol–water partition coefficient (Wildman–Crippen LogP) is 1.44. The van der Waals surface area contributed by atoms with Crippen molar-refractivity contribution >= 4 is 10.0 Å². The summed E-state index contributed by atoms with van der Waals surface area (Å²) in [6.07, 6.45) is 0. The Morgan fingerprint density at radius 3 is 2.25 bits per heavy atom. The number of sulfonamides is 1. The van der Waals surface area contributed by atoms with E-state index in [1.165, 1.54) is 11.4 Å². The fourth-order valence-corrected chi connectivity index (χ4v) is 3.25. The van der Waals surface area contributed by atoms with Crippen LogP contribution in [0.25, 0.3) is 0 Å². The molecule has 5 nitrogen and oxygen atoms in total. The molecular weight excluding hydrogens is 278 g/mol. The maximum Gasteiger partial charge on any atom is 0.243 e. The molecule has 0 heterocycles. The van der Waals surface area contributed by atoms with Crippen LogP contribution in [0, 0.1) is 0 Å². The maximum atomic E-state index is 12.5. The number of rotatable bonds is 8. The molecule has 0 saturated carbocycles. The predicted molar refractivity (Wildman–Crippen MR) is 78.3 cm³/mol. The molecule has 114 valence electrons. The molecule has 0 aliphatic heterocycles. The van der Waals surface area contributed by atoms with Crippen LogP contribution in [0.2, 0.25) is 0 Å². The minimum absolute atomic E-state index is 0.0671. The summed E-state index contributed by atoms with van der Waals surface area (Å²) in [6, 6.07) is 6.87. The van der Waals surface area contributed by atoms with Gasteiger partial charge in [-0.15, -0.1) is 0 Å². The van der Waals surface area contributed by atoms with E-state index in [4.69, 9.17) is 9.84 Å². The molecule has 0 saturated heterocycles. The van der Waals surface area contributed by atoms with Crippen LogP contribution in [-0.2, 0) is 14.8 Å². The second-order valence-electron chi connectivity index (χ2n) is 4.84. The minimum atomic E-state index is -3.58. The Kier molecular flexibility index (Phi) is 6.61. The summed E-state index contributed by atoms with van der Waals surface area (Å²) in [5.41, 5.74) is 1.09. The molecule has 0 spiro atoms. The van der Waals surface area contributed by atoms with Gasteiger partial charge in [-0.2, -0.15) is 4.31 Å². The average molecular weight is 301 g/mol. The molecule has 0 bridgehead atoms. The van der Waals surface area contributed by atoms with Gasteiger partial charge in [-0.05, 0) is 23.6 Å². The van der Waals surface area contributed by atoms with E-state index in [1.807, 2.05) is 12.1 Å². The van der Waals surface area contributed by atoms with Crippen LogP contribution in [0.15, 0.2) is 29.2 Å². The molecule has 0 atom stereocenters. The highest BCUT2D eigenvalue weighted by Crippen LogP contribution is 2.20. The third-order valence-electron chi connectivity index (χ3n) is 3.08. The molecule has 1 rings (SSSR count). The number of hydrogen-bond acceptors (Lipinski definition) is 4. The van der Waals surface area contributed by atoms with Gasteiger partial charge < -0.3 is 9.84 Å². The van der Waals surface area contributed by atoms with Crippen molar-refractivity contribution in [3.8, 4) is 0 Å². The molecular formula is C14H23NO4S. The molecule has 1 aromatic rings. The first-order valence-corrected chi connectivity index (χ1v) is 8.07. The SMILES string of the molecule is COCCN(CCO)S(=O)(=O)c1ccc(C(C)C)cc1. The largest absolute Gasteiger partial charge is 0.395 e. The third-order valence-corrected chi connectivity index (χ3v) is 4.99. The number of aliphatic hydroxyl groups is 1. The molecule has 0 unspecified atom stereocenters. The second-order valence-corrected chi connectivity index (χ2v) is 6.78. The number of ether oxygens (including phenoxy) is 1. The Labute approximate surface area is 121 Å². The molecule has 1 N–H and O–H groups in total. The molecule has 1 aromatic carbocycles. The Bertz CT molecular complexity index is 496. The van der Waals surface area contributed by atoms with Crippen molar-refractivity contribution in [2.75, 3.05) is 33.4 Å². The van der Waals surface area contributed by atoms with E-state index in [1.54, 1.807) is 12.1 Å². The van der Waals surface area contributed by atoms with Gasteiger partial charge >= 0.3 is 0 Å². The van der Waals surface area contributed by atoms with Crippen molar-refractivity contribution in [2.24, 2.45) is 0 Å². The summed E-state index contributed by atoms with van der Waals surface area (Å²) >= 11 is 0. The summed E-state index contributed by atoms with van der Waals surface area (Å²) in [6.45, 7) is 4.49. The van der Waals surface area contributed by atoms with Crippen LogP contribution in [0.1, 0.15) is 25.3 Å². The van der Waals surface area contributed by atoms with Crippen LogP contribution in [0.4, 0.5) is 0 Å². The molecule has 0 amide bonds. The van der Waals surface area contributed by atoms with E-state index in [2.05, 4.69) is 13.8 Å². The highest BCUT2D eigenvalue weighted by atomic mass is 32.2. The first kappa shape index (κ1) is 17.1. The normalized spacial score (nSPS) is 12.3. The summed E-state index contributed by atoms with van der Waals surface area (Å²) in [7, 11) is -2.07. The Morgan fingerprint density at radius 1 is 1.20 bits per heavy atom. The summed E-state index contributed by atoms with van der Waals surface area (Å²) in [5.74, 6) is 0.355. The molecule has 6 heteroatoms. The zero-order valence-electron chi connectivity index (χ0n) is 12.2. The lowest BCUT2D eigenvalue weighted by atomic mass is 10.0. The van der Waals surface area contributed by atoms with Gasteiger partial charge in [-0.1, -0.05) is 26.0 Å². The standard InChI is InChI=1S/C14H23NO4S/c1-12(2)13-4-6-14(7-5-13)20(17,18)15(8-10-16)9-11-19-3/h4-7,12,16H,8-11H2,1-3H3. The van der Waals surface area contributed by atoms with Crippen LogP contribution in [0.3, 0.4) is 0 Å². The van der Waals surface area contributed by atoms with E-state index < -0.39 is 10.0 Å². The van der Waals surface area contributed by atoms with Gasteiger partial charge in [0, 0.05) is 20.2 Å². The Balaban J connectivity index is 2.99. The van der Waals surface area contributed by atoms with Crippen molar-refractivity contribution in [1.82, 2.24) is 4.31 Å². The lowest BCUT2D eigenvalue weighted by molar-refractivity contribution is 0.168. The maximum absolute atomic E-state index is 12.5. The smallest absolute Gasteiger partial charge is 0.243 e. The van der Waals surface area contributed by atoms with E-state index in [-0.39, 0.29) is 24.6 Å². The summed E-state index contributed by atoms with van der Waals surface area (Å²) in [4.78, 5) is 0.242. The van der Waals surface area contributed by atoms with E-state index >= 15 is 0 Å². The minimum Gasteiger partial charge on any atom is -0.395 e. The second kappa shape index (κ2) is 7.73. The van der Waals surface area contributed by atoms with Crippen LogP contribution < -0.4 is 0 Å². The first-order chi connectivity index (χ1) is 9.43. The van der Waals surface area contributed by atoms with Crippen LogP contribution in [-0.4, -0.2) is 51.2 Å². The van der Waals surface area contributed by atoms with Gasteiger partial charge in [-0.25, -0.2) is 8.42 Å². The molecule has 0 radical (unpaired) electrons. The number of benzene rings is 1. The fourth-order valence-electron chi connectivity index (χ4n) is 1.83. The highest BCUT2D eigenvalue weighted by molar-refractivity contribution is 7.89. The molecule has 0 aromatic heterocycles. The summed E-state index contributed by atoms with van der Waals surface area (Å²) < 4.78 is 31.1. The molecule has 0 aliphatic rings. The highest BCUT2D eigenvalue weighted by Gasteiger charge is 2.23. The van der Waals surface area contributed by atoms with Crippen molar-refractivity contribution in [3.05, 3.63) is 29.8 Å². The Morgan fingerprint density at radius 2 is 1.80 bits per heavy atom. The number of aliphatic hydroxyl groups excluding tert-OH is 1. The van der Waals surface area contributed by atoms with Gasteiger partial charge in [0.15, 0.2) is 0 Å². The fraction of sp³-hybridized carbons (Fsp3) is 0.571. The van der Waals surface area contributed by atoms with Crippen molar-refractivity contribution < 1.29 is 18.3 Å². The van der Waals surface area contributed by atoms with Gasteiger partial charge in [0.05, 0.1) is 18.1 Å². The van der Waals surface area contributed by atoms with Gasteiger partial charge in [0.2, 0.25) is 10.0 Å². The van der Waals surface area contributed by atoms with Gasteiger partial charge in [-0.3, -0.25) is 0 Å². The van der Waals surface area contributed by atoms with Crippen LogP contribution >= 0.6 is 0 Å². The first-order valence-electron chi connectivity index (χ1n) is 6.63. The quantitative estimate of drug-likeness (QED) is 0.789. The molecule has 20 heavy (non-hydrogen) atoms. The lowest BCUT2D eigenvalue weighted by Crippen LogP contribution is -2.36. The van der Waals surface area contributed by atoms with E-state index in [9.17, 15) is 8.42 Å². The van der Waals surface area contributed by atoms with Crippen molar-refractivity contribution in [2.45, 2.75) is 24.7 Å². The molecule has 0 fully saturated rings. The zero-order chi connectivity index (χ0) is 15.2. The third kappa shape index (κ3) is 4.28. The van der Waals surface area contributed by atoms with Crippen molar-refractivity contribution in [1.29, 1.82) is 0 Å². The monoisotopic (exact) mass is 301 g/mol. The molecule has 0 aliphatic carbocycles.